The lowest BCUT2D eigenvalue weighted by Gasteiger charge is -2.19. The van der Waals surface area contributed by atoms with Crippen LogP contribution in [0.5, 0.6) is 0 Å². The average molecular weight is 358 g/mol. The molecular formula is C19H16F2N2OS. The molecular weight excluding hydrogens is 342 g/mol. The molecule has 1 aromatic heterocycles. The first kappa shape index (κ1) is 17.4. The minimum atomic E-state index is -3.60. The maximum absolute atomic E-state index is 14.5. The number of ketones is 1. The van der Waals surface area contributed by atoms with E-state index in [2.05, 4.69) is 4.98 Å². The van der Waals surface area contributed by atoms with Crippen molar-refractivity contribution in [3.05, 3.63) is 66.4 Å². The van der Waals surface area contributed by atoms with Crippen molar-refractivity contribution in [3.63, 3.8) is 0 Å². The summed E-state index contributed by atoms with van der Waals surface area (Å²) in [6, 6.07) is 14.9. The van der Waals surface area contributed by atoms with Gasteiger partial charge < -0.3 is 4.90 Å². The standard InChI is InChI=1S/C19H16F2N2OS/c1-23(2)16-11-10-15(13-7-3-4-8-14(13)16)18(24)19(20,21)25-17-9-5-6-12-22-17/h3-12H,1-2H3. The van der Waals surface area contributed by atoms with Crippen LogP contribution in [0, 0.1) is 0 Å². The number of fused-ring (bicyclic) bond motifs is 1. The minimum Gasteiger partial charge on any atom is -0.377 e. The van der Waals surface area contributed by atoms with Gasteiger partial charge in [0.25, 0.3) is 0 Å². The number of anilines is 1. The second-order valence-electron chi connectivity index (χ2n) is 5.69. The van der Waals surface area contributed by atoms with Crippen LogP contribution in [0.3, 0.4) is 0 Å². The van der Waals surface area contributed by atoms with Gasteiger partial charge in [-0.1, -0.05) is 30.3 Å². The molecule has 3 nitrogen and oxygen atoms in total. The first-order valence-electron chi connectivity index (χ1n) is 7.62. The van der Waals surface area contributed by atoms with Gasteiger partial charge in [-0.15, -0.1) is 0 Å². The van der Waals surface area contributed by atoms with Crippen molar-refractivity contribution in [2.45, 2.75) is 10.3 Å². The van der Waals surface area contributed by atoms with Gasteiger partial charge in [-0.25, -0.2) is 4.98 Å². The van der Waals surface area contributed by atoms with Crippen LogP contribution in [-0.4, -0.2) is 30.1 Å². The second kappa shape index (κ2) is 6.80. The number of thioether (sulfide) groups is 1. The van der Waals surface area contributed by atoms with Gasteiger partial charge in [0.2, 0.25) is 5.78 Å². The van der Waals surface area contributed by atoms with Crippen molar-refractivity contribution in [1.29, 1.82) is 0 Å². The lowest BCUT2D eigenvalue weighted by molar-refractivity contribution is 0.0568. The molecule has 3 aromatic rings. The molecule has 0 N–H and O–H groups in total. The predicted molar refractivity (Wildman–Crippen MR) is 97.6 cm³/mol. The molecule has 1 heterocycles. The molecule has 0 aliphatic heterocycles. The lowest BCUT2D eigenvalue weighted by atomic mass is 9.99. The number of carbonyl (C=O) groups is 1. The number of Topliss-reactive ketones (excluding diaryl/α,β-unsaturated/α-hetero) is 1. The van der Waals surface area contributed by atoms with Gasteiger partial charge in [-0.3, -0.25) is 4.79 Å². The van der Waals surface area contributed by atoms with Crippen molar-refractivity contribution < 1.29 is 13.6 Å². The molecule has 128 valence electrons. The van der Waals surface area contributed by atoms with E-state index in [1.165, 1.54) is 18.3 Å². The zero-order valence-corrected chi connectivity index (χ0v) is 14.6. The largest absolute Gasteiger partial charge is 0.377 e. The second-order valence-corrected chi connectivity index (χ2v) is 6.82. The number of aromatic nitrogens is 1. The molecule has 25 heavy (non-hydrogen) atoms. The van der Waals surface area contributed by atoms with Gasteiger partial charge in [0.05, 0.1) is 0 Å². The van der Waals surface area contributed by atoms with Crippen molar-refractivity contribution in [2.75, 3.05) is 19.0 Å². The number of alkyl halides is 2. The Kier molecular flexibility index (Phi) is 4.72. The van der Waals surface area contributed by atoms with Gasteiger partial charge >= 0.3 is 5.25 Å². The number of pyridine rings is 1. The predicted octanol–water partition coefficient (Wildman–Crippen LogP) is 4.87. The van der Waals surface area contributed by atoms with E-state index in [4.69, 9.17) is 0 Å². The summed E-state index contributed by atoms with van der Waals surface area (Å²) in [6.07, 6.45) is 1.42. The van der Waals surface area contributed by atoms with Crippen LogP contribution < -0.4 is 4.90 Å². The zero-order chi connectivity index (χ0) is 18.0. The van der Waals surface area contributed by atoms with E-state index in [0.29, 0.717) is 5.39 Å². The Labute approximate surface area is 148 Å². The van der Waals surface area contributed by atoms with Gasteiger partial charge in [0, 0.05) is 36.9 Å². The highest BCUT2D eigenvalue weighted by atomic mass is 32.2. The Bertz CT molecular complexity index is 914. The molecule has 0 aliphatic rings. The van der Waals surface area contributed by atoms with E-state index in [1.54, 1.807) is 30.3 Å². The van der Waals surface area contributed by atoms with Crippen LogP contribution in [0.4, 0.5) is 14.5 Å². The van der Waals surface area contributed by atoms with Crippen LogP contribution >= 0.6 is 11.8 Å². The van der Waals surface area contributed by atoms with E-state index in [1.807, 2.05) is 31.1 Å². The first-order chi connectivity index (χ1) is 11.9. The molecule has 6 heteroatoms. The number of carbonyl (C=O) groups excluding carboxylic acids is 1. The van der Waals surface area contributed by atoms with Crippen LogP contribution in [0.25, 0.3) is 10.8 Å². The average Bonchev–Trinajstić information content (AvgIpc) is 2.60. The minimum absolute atomic E-state index is 0.00892. The molecule has 0 fully saturated rings. The fraction of sp³-hybridized carbons (Fsp3) is 0.158. The Morgan fingerprint density at radius 1 is 1.00 bits per heavy atom. The highest BCUT2D eigenvalue weighted by Gasteiger charge is 2.42. The summed E-state index contributed by atoms with van der Waals surface area (Å²) < 4.78 is 29.1. The maximum Gasteiger partial charge on any atom is 0.361 e. The summed E-state index contributed by atoms with van der Waals surface area (Å²) in [5.41, 5.74) is 0.877. The Morgan fingerprint density at radius 3 is 2.32 bits per heavy atom. The van der Waals surface area contributed by atoms with Crippen LogP contribution in [0.15, 0.2) is 65.8 Å². The quantitative estimate of drug-likeness (QED) is 0.481. The Hall–Kier alpha value is -2.47. The number of rotatable bonds is 5. The number of nitrogens with zero attached hydrogens (tertiary/aromatic N) is 2. The zero-order valence-electron chi connectivity index (χ0n) is 13.7. The lowest BCUT2D eigenvalue weighted by Crippen LogP contribution is -2.25. The molecule has 0 unspecified atom stereocenters. The number of hydrogen-bond acceptors (Lipinski definition) is 4. The normalized spacial score (nSPS) is 11.5. The molecule has 2 aromatic carbocycles. The molecule has 3 rings (SSSR count). The van der Waals surface area contributed by atoms with Gasteiger partial charge in [0.15, 0.2) is 0 Å². The van der Waals surface area contributed by atoms with Crippen molar-refractivity contribution >= 4 is 34.0 Å². The highest BCUT2D eigenvalue weighted by Crippen LogP contribution is 2.39. The van der Waals surface area contributed by atoms with Crippen molar-refractivity contribution in [2.24, 2.45) is 0 Å². The molecule has 0 atom stereocenters. The van der Waals surface area contributed by atoms with Gasteiger partial charge in [0.1, 0.15) is 5.03 Å². The third-order valence-corrected chi connectivity index (χ3v) is 4.65. The number of halogens is 2. The fourth-order valence-electron chi connectivity index (χ4n) is 2.61. The summed E-state index contributed by atoms with van der Waals surface area (Å²) in [4.78, 5) is 18.3. The van der Waals surface area contributed by atoms with E-state index >= 15 is 0 Å². The van der Waals surface area contributed by atoms with E-state index < -0.39 is 11.0 Å². The SMILES string of the molecule is CN(C)c1ccc(C(=O)C(F)(F)Sc2ccccn2)c2ccccc12. The molecule has 0 radical (unpaired) electrons. The number of hydrogen-bond donors (Lipinski definition) is 0. The van der Waals surface area contributed by atoms with Crippen molar-refractivity contribution in [1.82, 2.24) is 4.98 Å². The van der Waals surface area contributed by atoms with E-state index in [-0.39, 0.29) is 22.4 Å². The summed E-state index contributed by atoms with van der Waals surface area (Å²) >= 11 is 0.163. The van der Waals surface area contributed by atoms with Crippen molar-refractivity contribution in [3.8, 4) is 0 Å². The summed E-state index contributed by atoms with van der Waals surface area (Å²) in [7, 11) is 3.74. The molecule has 0 spiro atoms. The summed E-state index contributed by atoms with van der Waals surface area (Å²) in [5, 5.41) is -2.22. The fourth-order valence-corrected chi connectivity index (χ4v) is 3.34. The Morgan fingerprint density at radius 2 is 1.68 bits per heavy atom. The molecule has 0 aliphatic carbocycles. The van der Waals surface area contributed by atoms with Gasteiger partial charge in [-0.05, 0) is 41.4 Å². The van der Waals surface area contributed by atoms with Crippen LogP contribution in [-0.2, 0) is 0 Å². The molecule has 0 saturated carbocycles. The summed E-state index contributed by atoms with van der Waals surface area (Å²) in [6.45, 7) is 0. The Balaban J connectivity index is 2.04. The molecule has 0 bridgehead atoms. The molecule has 0 amide bonds. The monoisotopic (exact) mass is 358 g/mol. The van der Waals surface area contributed by atoms with E-state index in [9.17, 15) is 13.6 Å². The third kappa shape index (κ3) is 3.49. The third-order valence-electron chi connectivity index (χ3n) is 3.76. The highest BCUT2D eigenvalue weighted by molar-refractivity contribution is 8.01. The number of benzene rings is 2. The summed E-state index contributed by atoms with van der Waals surface area (Å²) in [5.74, 6) is -1.22. The topological polar surface area (TPSA) is 33.2 Å². The smallest absolute Gasteiger partial charge is 0.361 e. The van der Waals surface area contributed by atoms with Crippen LogP contribution in [0.2, 0.25) is 0 Å². The molecule has 0 saturated heterocycles. The first-order valence-corrected chi connectivity index (χ1v) is 8.43. The maximum atomic E-state index is 14.5. The van der Waals surface area contributed by atoms with Crippen LogP contribution in [0.1, 0.15) is 10.4 Å². The van der Waals surface area contributed by atoms with E-state index in [0.717, 1.165) is 11.1 Å². The van der Waals surface area contributed by atoms with Gasteiger partial charge in [-0.2, -0.15) is 8.78 Å².